The van der Waals surface area contributed by atoms with Gasteiger partial charge >= 0.3 is 0 Å². The van der Waals surface area contributed by atoms with Gasteiger partial charge in [-0.2, -0.15) is 0 Å². The van der Waals surface area contributed by atoms with E-state index in [0.29, 0.717) is 0 Å². The smallest absolute Gasteiger partial charge is 0.0466 e. The van der Waals surface area contributed by atoms with Crippen LogP contribution in [0.2, 0.25) is 0 Å². The molecule has 0 unspecified atom stereocenters. The third kappa shape index (κ3) is 1.20. The minimum atomic E-state index is 1.92. The molecule has 4 heteroatoms. The van der Waals surface area contributed by atoms with E-state index in [1.165, 1.54) is 0 Å². The Morgan fingerprint density at radius 3 is 2.00 bits per heavy atom. The molecule has 0 aliphatic carbocycles. The molecule has 0 aromatic carbocycles. The lowest BCUT2D eigenvalue weighted by Crippen LogP contribution is -1.46. The molecule has 0 heterocycles. The average Bonchev–Trinajstić information content (AvgIpc) is 1.37. The van der Waals surface area contributed by atoms with Crippen molar-refractivity contribution in [1.82, 2.24) is 5.84 Å². The van der Waals surface area contributed by atoms with Crippen LogP contribution in [-0.2, 0) is 0 Å². The number of hydrogen-bond donors (Lipinski definition) is 1. The first-order valence-corrected chi connectivity index (χ1v) is 0.600. The molecule has 0 atom stereocenters. The Hall–Kier alpha value is -0.800. The zero-order valence-corrected chi connectivity index (χ0v) is 1.79. The fourth-order valence-corrected chi connectivity index (χ4v) is 0. The normalized spacial score (nSPS) is 9.00. The highest BCUT2D eigenvalue weighted by Gasteiger charge is 1.38. The van der Waals surface area contributed by atoms with E-state index >= 15 is 0 Å². The maximum atomic E-state index is 7.08. The Labute approximate surface area is 22.9 Å². The van der Waals surface area contributed by atoms with E-state index in [0.717, 1.165) is 0 Å². The highest BCUT2D eigenvalue weighted by Crippen LogP contribution is 1.44. The molecule has 0 rings (SSSR count). The Bertz CT molecular complexity index is 18.5. The SMILES string of the molecule is [N]N=NO. The Morgan fingerprint density at radius 2 is 2.00 bits per heavy atom. The largest absolute Gasteiger partial charge is 0.393 e. The molecule has 4 nitrogen and oxygen atoms in total. The van der Waals surface area contributed by atoms with E-state index in [2.05, 4.69) is 0 Å². The molecular formula is HN3O. The van der Waals surface area contributed by atoms with Crippen LogP contribution in [0.4, 0.5) is 0 Å². The summed E-state index contributed by atoms with van der Waals surface area (Å²) in [5.41, 5.74) is 0. The fourth-order valence-electron chi connectivity index (χ4n) is 0. The highest BCUT2D eigenvalue weighted by molar-refractivity contribution is 3.66. The van der Waals surface area contributed by atoms with Crippen LogP contribution in [0.3, 0.4) is 0 Å². The Morgan fingerprint density at radius 1 is 1.75 bits per heavy atom. The second-order valence-electron chi connectivity index (χ2n) is 0.179. The molecule has 0 spiro atoms. The summed E-state index contributed by atoms with van der Waals surface area (Å²) in [7, 11) is 0. The van der Waals surface area contributed by atoms with Gasteiger partial charge < -0.3 is 5.21 Å². The molecule has 0 aromatic rings. The number of nitrogens with zero attached hydrogens (tertiary/aromatic N) is 3. The molecule has 0 saturated carbocycles. The highest BCUT2D eigenvalue weighted by atomic mass is 16.5. The van der Waals surface area contributed by atoms with Gasteiger partial charge in [0.1, 0.15) is 0 Å². The summed E-state index contributed by atoms with van der Waals surface area (Å²) in [5.74, 6) is 7.08. The van der Waals surface area contributed by atoms with Gasteiger partial charge in [0.15, 0.2) is 0 Å². The van der Waals surface area contributed by atoms with Crippen LogP contribution in [0.15, 0.2) is 10.5 Å². The van der Waals surface area contributed by atoms with E-state index in [1.54, 1.807) is 0 Å². The van der Waals surface area contributed by atoms with Crippen molar-refractivity contribution in [2.45, 2.75) is 0 Å². The summed E-state index contributed by atoms with van der Waals surface area (Å²) in [4.78, 5) is 0. The maximum absolute atomic E-state index is 7.08. The summed E-state index contributed by atoms with van der Waals surface area (Å²) >= 11 is 0. The van der Waals surface area contributed by atoms with Crippen molar-refractivity contribution in [3.63, 3.8) is 0 Å². The molecular weight excluding hydrogens is 58.0 g/mol. The lowest BCUT2D eigenvalue weighted by Gasteiger charge is -1.48. The number of hydrogen-bond acceptors (Lipinski definition) is 2. The standard InChI is InChI=1S/HN3O/c1-2-3-4/h(H,2,4). The van der Waals surface area contributed by atoms with Crippen LogP contribution in [0.1, 0.15) is 0 Å². The minimum absolute atomic E-state index is 1.92. The molecule has 0 fully saturated rings. The van der Waals surface area contributed by atoms with Gasteiger partial charge in [0.25, 0.3) is 0 Å². The average molecular weight is 59.0 g/mol. The minimum Gasteiger partial charge on any atom is -0.393 e. The molecule has 0 saturated heterocycles. The van der Waals surface area contributed by atoms with Crippen LogP contribution >= 0.6 is 0 Å². The zero-order valence-electron chi connectivity index (χ0n) is 1.79. The molecule has 0 aliphatic rings. The molecule has 1 N–H and O–H groups in total. The lowest BCUT2D eigenvalue weighted by molar-refractivity contribution is 0.280. The molecule has 4 heavy (non-hydrogen) atoms. The molecule has 2 radical (unpaired) electrons. The Balaban J connectivity index is 2.55. The van der Waals surface area contributed by atoms with Crippen LogP contribution in [0, 0.1) is 0 Å². The summed E-state index contributed by atoms with van der Waals surface area (Å²) in [5, 5.41) is 10.9. The number of rotatable bonds is 0. The maximum Gasteiger partial charge on any atom is 0.0466 e. The van der Waals surface area contributed by atoms with Crippen molar-refractivity contribution in [2.24, 2.45) is 10.5 Å². The fraction of sp³-hybridized carbons (Fsp3) is 0. The summed E-state index contributed by atoms with van der Waals surface area (Å²) in [6.45, 7) is 0. The van der Waals surface area contributed by atoms with Gasteiger partial charge in [-0.15, -0.1) is 0 Å². The van der Waals surface area contributed by atoms with E-state index in [-0.39, 0.29) is 0 Å². The van der Waals surface area contributed by atoms with Gasteiger partial charge in [-0.05, 0) is 0 Å². The van der Waals surface area contributed by atoms with Gasteiger partial charge in [-0.3, -0.25) is 0 Å². The summed E-state index contributed by atoms with van der Waals surface area (Å²) < 4.78 is 0. The first-order chi connectivity index (χ1) is 1.91. The van der Waals surface area contributed by atoms with Gasteiger partial charge in [0.05, 0.1) is 0 Å². The second kappa shape index (κ2) is 2.20. The first-order valence-electron chi connectivity index (χ1n) is 0.600. The quantitative estimate of drug-likeness (QED) is 0.305. The topological polar surface area (TPSA) is 67.2 Å². The van der Waals surface area contributed by atoms with Crippen molar-refractivity contribution in [3.8, 4) is 0 Å². The Kier molecular flexibility index (Phi) is 1.76. The van der Waals surface area contributed by atoms with E-state index in [1.807, 2.05) is 10.5 Å². The third-order valence-corrected chi connectivity index (χ3v) is 0.0400. The van der Waals surface area contributed by atoms with E-state index in [4.69, 9.17) is 11.0 Å². The predicted molar refractivity (Wildman–Crippen MR) is 8.78 cm³/mol. The first kappa shape index (κ1) is 3.20. The molecule has 22 valence electrons. The van der Waals surface area contributed by atoms with E-state index < -0.39 is 0 Å². The van der Waals surface area contributed by atoms with Crippen LogP contribution in [-0.4, -0.2) is 5.21 Å². The van der Waals surface area contributed by atoms with Crippen molar-refractivity contribution >= 4 is 0 Å². The molecule has 0 aliphatic heterocycles. The van der Waals surface area contributed by atoms with Gasteiger partial charge in [0.2, 0.25) is 0 Å². The van der Waals surface area contributed by atoms with Crippen LogP contribution in [0.25, 0.3) is 0 Å². The molecule has 0 bridgehead atoms. The summed E-state index contributed by atoms with van der Waals surface area (Å²) in [6, 6.07) is 0. The van der Waals surface area contributed by atoms with E-state index in [9.17, 15) is 0 Å². The second-order valence-corrected chi connectivity index (χ2v) is 0.179. The van der Waals surface area contributed by atoms with Gasteiger partial charge in [0, 0.05) is 16.3 Å². The van der Waals surface area contributed by atoms with Crippen molar-refractivity contribution in [2.75, 3.05) is 0 Å². The van der Waals surface area contributed by atoms with Crippen molar-refractivity contribution in [1.29, 1.82) is 0 Å². The summed E-state index contributed by atoms with van der Waals surface area (Å²) in [6.07, 6.45) is 0. The van der Waals surface area contributed by atoms with Gasteiger partial charge in [-0.25, -0.2) is 0 Å². The van der Waals surface area contributed by atoms with Crippen LogP contribution < -0.4 is 5.84 Å². The molecule has 0 amide bonds. The third-order valence-electron chi connectivity index (χ3n) is 0.0400. The molecule has 0 aromatic heterocycles. The van der Waals surface area contributed by atoms with Crippen molar-refractivity contribution < 1.29 is 5.21 Å². The van der Waals surface area contributed by atoms with Gasteiger partial charge in [-0.1, -0.05) is 0 Å². The predicted octanol–water partition coefficient (Wildman–Crippen LogP) is -0.189. The zero-order chi connectivity index (χ0) is 3.41. The lowest BCUT2D eigenvalue weighted by atomic mass is 12.7. The van der Waals surface area contributed by atoms with Crippen molar-refractivity contribution in [3.05, 3.63) is 0 Å². The monoisotopic (exact) mass is 59.0 g/mol. The van der Waals surface area contributed by atoms with Crippen LogP contribution in [0.5, 0.6) is 0 Å².